The number of amides is 2. The van der Waals surface area contributed by atoms with Gasteiger partial charge in [0.1, 0.15) is 5.82 Å². The van der Waals surface area contributed by atoms with Crippen molar-refractivity contribution in [3.05, 3.63) is 59.4 Å². The van der Waals surface area contributed by atoms with E-state index in [2.05, 4.69) is 20.6 Å². The summed E-state index contributed by atoms with van der Waals surface area (Å²) in [6.45, 7) is 1.93. The van der Waals surface area contributed by atoms with E-state index in [9.17, 15) is 22.4 Å². The summed E-state index contributed by atoms with van der Waals surface area (Å²) in [6.07, 6.45) is -3.72. The lowest BCUT2D eigenvalue weighted by Crippen LogP contribution is -2.27. The standard InChI is InChI=1S/C19H17F4N3O2/c1-2-11-10-13-12(6-5-7-14(13)20)17(11)25-26-18(27)24-15-8-3-4-9-16(15)28-19(21,22)23/h3-9,11H,2,10H2,1H3,(H2,24,26,27). The summed E-state index contributed by atoms with van der Waals surface area (Å²) in [4.78, 5) is 12.1. The van der Waals surface area contributed by atoms with Gasteiger partial charge in [-0.3, -0.25) is 0 Å². The fourth-order valence-electron chi connectivity index (χ4n) is 3.10. The molecule has 0 saturated carbocycles. The highest BCUT2D eigenvalue weighted by molar-refractivity contribution is 6.07. The van der Waals surface area contributed by atoms with Crippen molar-refractivity contribution < 1.29 is 27.1 Å². The van der Waals surface area contributed by atoms with Gasteiger partial charge in [-0.15, -0.1) is 13.2 Å². The van der Waals surface area contributed by atoms with Gasteiger partial charge in [-0.05, 0) is 36.6 Å². The zero-order valence-corrected chi connectivity index (χ0v) is 14.8. The van der Waals surface area contributed by atoms with Gasteiger partial charge in [0.2, 0.25) is 0 Å². The number of benzene rings is 2. The highest BCUT2D eigenvalue weighted by atomic mass is 19.4. The van der Waals surface area contributed by atoms with Crippen LogP contribution in [0.25, 0.3) is 0 Å². The molecule has 0 radical (unpaired) electrons. The van der Waals surface area contributed by atoms with Crippen molar-refractivity contribution in [3.63, 3.8) is 0 Å². The molecule has 9 heteroatoms. The van der Waals surface area contributed by atoms with Crippen LogP contribution in [-0.2, 0) is 6.42 Å². The second-order valence-electron chi connectivity index (χ2n) is 6.18. The Balaban J connectivity index is 1.75. The molecule has 1 aliphatic rings. The first-order chi connectivity index (χ1) is 13.3. The predicted molar refractivity (Wildman–Crippen MR) is 95.7 cm³/mol. The molecule has 0 aliphatic heterocycles. The Labute approximate surface area is 158 Å². The summed E-state index contributed by atoms with van der Waals surface area (Å²) in [6, 6.07) is 8.96. The summed E-state index contributed by atoms with van der Waals surface area (Å²) in [5.41, 5.74) is 3.80. The first kappa shape index (κ1) is 19.7. The third-order valence-corrected chi connectivity index (χ3v) is 4.36. The molecule has 148 valence electrons. The van der Waals surface area contributed by atoms with E-state index in [0.717, 1.165) is 6.07 Å². The number of hydrogen-bond acceptors (Lipinski definition) is 3. The van der Waals surface area contributed by atoms with E-state index in [-0.39, 0.29) is 17.4 Å². The van der Waals surface area contributed by atoms with E-state index >= 15 is 0 Å². The number of carbonyl (C=O) groups is 1. The molecule has 0 saturated heterocycles. The fraction of sp³-hybridized carbons (Fsp3) is 0.263. The van der Waals surface area contributed by atoms with Crippen molar-refractivity contribution in [3.8, 4) is 5.75 Å². The molecule has 1 unspecified atom stereocenters. The Bertz CT molecular complexity index is 912. The molecule has 0 aromatic heterocycles. The van der Waals surface area contributed by atoms with Crippen LogP contribution in [-0.4, -0.2) is 18.1 Å². The number of para-hydroxylation sites is 2. The molecule has 0 spiro atoms. The Morgan fingerprint density at radius 1 is 1.21 bits per heavy atom. The average molecular weight is 395 g/mol. The average Bonchev–Trinajstić information content (AvgIpc) is 2.99. The maximum Gasteiger partial charge on any atom is 0.573 e. The minimum Gasteiger partial charge on any atom is -0.404 e. The van der Waals surface area contributed by atoms with Crippen molar-refractivity contribution in [1.82, 2.24) is 5.43 Å². The first-order valence-corrected chi connectivity index (χ1v) is 8.55. The smallest absolute Gasteiger partial charge is 0.404 e. The van der Waals surface area contributed by atoms with E-state index in [1.165, 1.54) is 24.3 Å². The van der Waals surface area contributed by atoms with Crippen LogP contribution >= 0.6 is 0 Å². The maximum atomic E-state index is 14.0. The van der Waals surface area contributed by atoms with Gasteiger partial charge in [-0.25, -0.2) is 14.6 Å². The topological polar surface area (TPSA) is 62.7 Å². The van der Waals surface area contributed by atoms with Crippen LogP contribution < -0.4 is 15.5 Å². The number of urea groups is 1. The summed E-state index contributed by atoms with van der Waals surface area (Å²) < 4.78 is 55.3. The third-order valence-electron chi connectivity index (χ3n) is 4.36. The number of halogens is 4. The van der Waals surface area contributed by atoms with Crippen LogP contribution in [0.3, 0.4) is 0 Å². The number of fused-ring (bicyclic) bond motifs is 1. The number of rotatable bonds is 4. The number of ether oxygens (including phenoxy) is 1. The van der Waals surface area contributed by atoms with Crippen LogP contribution in [0.2, 0.25) is 0 Å². The van der Waals surface area contributed by atoms with Gasteiger partial charge in [-0.2, -0.15) is 5.10 Å². The fourth-order valence-corrected chi connectivity index (χ4v) is 3.10. The highest BCUT2D eigenvalue weighted by Crippen LogP contribution is 2.32. The normalized spacial score (nSPS) is 17.3. The van der Waals surface area contributed by atoms with Crippen molar-refractivity contribution in [2.45, 2.75) is 26.1 Å². The zero-order chi connectivity index (χ0) is 20.3. The van der Waals surface area contributed by atoms with Crippen LogP contribution in [0.4, 0.5) is 28.0 Å². The molecule has 1 aliphatic carbocycles. The first-order valence-electron chi connectivity index (χ1n) is 8.55. The molecule has 1 atom stereocenters. The number of carbonyl (C=O) groups excluding carboxylic acids is 1. The lowest BCUT2D eigenvalue weighted by molar-refractivity contribution is -0.274. The van der Waals surface area contributed by atoms with Gasteiger partial charge in [-0.1, -0.05) is 31.2 Å². The minimum atomic E-state index is -4.89. The molecule has 0 bridgehead atoms. The summed E-state index contributed by atoms with van der Waals surface area (Å²) in [5, 5.41) is 6.35. The maximum absolute atomic E-state index is 14.0. The molecule has 0 fully saturated rings. The SMILES string of the molecule is CCC1Cc2c(F)cccc2C1=NNC(=O)Nc1ccccc1OC(F)(F)F. The molecule has 2 aromatic carbocycles. The Morgan fingerprint density at radius 3 is 2.68 bits per heavy atom. The summed E-state index contributed by atoms with van der Waals surface area (Å²) in [5.74, 6) is -0.936. The Hall–Kier alpha value is -3.10. The predicted octanol–water partition coefficient (Wildman–Crippen LogP) is 4.83. The summed E-state index contributed by atoms with van der Waals surface area (Å²) >= 11 is 0. The number of anilines is 1. The van der Waals surface area contributed by atoms with Crippen molar-refractivity contribution in [2.75, 3.05) is 5.32 Å². The van der Waals surface area contributed by atoms with Crippen molar-refractivity contribution in [1.29, 1.82) is 0 Å². The van der Waals surface area contributed by atoms with Gasteiger partial charge in [0.05, 0.1) is 11.4 Å². The number of nitrogens with one attached hydrogen (secondary N) is 2. The van der Waals surface area contributed by atoms with E-state index in [0.29, 0.717) is 29.7 Å². The summed E-state index contributed by atoms with van der Waals surface area (Å²) in [7, 11) is 0. The second-order valence-corrected chi connectivity index (χ2v) is 6.18. The van der Waals surface area contributed by atoms with E-state index in [4.69, 9.17) is 0 Å². The largest absolute Gasteiger partial charge is 0.573 e. The van der Waals surface area contributed by atoms with Gasteiger partial charge in [0.15, 0.2) is 5.75 Å². The van der Waals surface area contributed by atoms with Crippen molar-refractivity contribution in [2.24, 2.45) is 11.0 Å². The highest BCUT2D eigenvalue weighted by Gasteiger charge is 2.32. The molecular formula is C19H17F4N3O2. The van der Waals surface area contributed by atoms with E-state index in [1.54, 1.807) is 12.1 Å². The molecular weight excluding hydrogens is 378 g/mol. The number of alkyl halides is 3. The Morgan fingerprint density at radius 2 is 1.96 bits per heavy atom. The molecule has 5 nitrogen and oxygen atoms in total. The van der Waals surface area contributed by atoms with Gasteiger partial charge in [0, 0.05) is 11.5 Å². The third kappa shape index (κ3) is 4.41. The van der Waals surface area contributed by atoms with E-state index in [1.807, 2.05) is 6.92 Å². The quantitative estimate of drug-likeness (QED) is 0.575. The number of hydrazone groups is 1. The van der Waals surface area contributed by atoms with Gasteiger partial charge in [0.25, 0.3) is 0 Å². The Kier molecular flexibility index (Phi) is 5.53. The van der Waals surface area contributed by atoms with Crippen molar-refractivity contribution >= 4 is 17.4 Å². The van der Waals surface area contributed by atoms with Crippen LogP contribution in [0, 0.1) is 11.7 Å². The number of hydrogen-bond donors (Lipinski definition) is 2. The molecule has 2 N–H and O–H groups in total. The van der Waals surface area contributed by atoms with Gasteiger partial charge >= 0.3 is 12.4 Å². The van der Waals surface area contributed by atoms with Crippen LogP contribution in [0.1, 0.15) is 24.5 Å². The minimum absolute atomic E-state index is 0.0620. The van der Waals surface area contributed by atoms with Crippen LogP contribution in [0.5, 0.6) is 5.75 Å². The zero-order valence-electron chi connectivity index (χ0n) is 14.8. The number of nitrogens with zero attached hydrogens (tertiary/aromatic N) is 1. The molecule has 2 aromatic rings. The molecule has 28 heavy (non-hydrogen) atoms. The second kappa shape index (κ2) is 7.87. The molecule has 2 amide bonds. The molecule has 3 rings (SSSR count). The monoisotopic (exact) mass is 395 g/mol. The van der Waals surface area contributed by atoms with E-state index < -0.39 is 18.1 Å². The van der Waals surface area contributed by atoms with Gasteiger partial charge < -0.3 is 10.1 Å². The molecule has 0 heterocycles. The lowest BCUT2D eigenvalue weighted by Gasteiger charge is -2.14. The lowest BCUT2D eigenvalue weighted by atomic mass is 10.0. The van der Waals surface area contributed by atoms with Crippen LogP contribution in [0.15, 0.2) is 47.6 Å².